The molecule has 0 spiro atoms. The Labute approximate surface area is 107 Å². The highest BCUT2D eigenvalue weighted by Crippen LogP contribution is 2.28. The molecule has 4 heteroatoms. The Balaban J connectivity index is 2.32. The number of aliphatic hydroxyl groups excluding tert-OH is 1. The molecule has 2 rings (SSSR count). The standard InChI is InChI=1S/C14H19NO3/c1-14(2,3)18-13(17)9-6-10(8-16)11-4-5-15-12(11)7-9/h6-7,15-16H,4-5,8H2,1-3H3. The van der Waals surface area contributed by atoms with Gasteiger partial charge in [-0.1, -0.05) is 0 Å². The lowest BCUT2D eigenvalue weighted by Gasteiger charge is -2.20. The van der Waals surface area contributed by atoms with Crippen molar-refractivity contribution in [1.29, 1.82) is 0 Å². The highest BCUT2D eigenvalue weighted by molar-refractivity contribution is 5.91. The monoisotopic (exact) mass is 249 g/mol. The number of carbonyl (C=O) groups excluding carboxylic acids is 1. The fourth-order valence-corrected chi connectivity index (χ4v) is 2.10. The zero-order valence-electron chi connectivity index (χ0n) is 11.0. The molecule has 18 heavy (non-hydrogen) atoms. The number of esters is 1. The number of hydrogen-bond donors (Lipinski definition) is 2. The molecule has 0 saturated carbocycles. The average Bonchev–Trinajstić information content (AvgIpc) is 2.73. The summed E-state index contributed by atoms with van der Waals surface area (Å²) in [6.07, 6.45) is 0.889. The van der Waals surface area contributed by atoms with Crippen LogP contribution in [0.3, 0.4) is 0 Å². The van der Waals surface area contributed by atoms with E-state index in [4.69, 9.17) is 4.74 Å². The van der Waals surface area contributed by atoms with Crippen molar-refractivity contribution in [3.05, 3.63) is 28.8 Å². The van der Waals surface area contributed by atoms with Gasteiger partial charge in [0.15, 0.2) is 0 Å². The van der Waals surface area contributed by atoms with Crippen LogP contribution in [0, 0.1) is 0 Å². The van der Waals surface area contributed by atoms with Crippen LogP contribution in [0.25, 0.3) is 0 Å². The first-order chi connectivity index (χ1) is 8.40. The Hall–Kier alpha value is -1.55. The molecule has 0 bridgehead atoms. The number of fused-ring (bicyclic) bond motifs is 1. The first-order valence-corrected chi connectivity index (χ1v) is 6.14. The van der Waals surface area contributed by atoms with E-state index in [1.807, 2.05) is 20.8 Å². The smallest absolute Gasteiger partial charge is 0.338 e. The maximum Gasteiger partial charge on any atom is 0.338 e. The molecule has 0 amide bonds. The van der Waals surface area contributed by atoms with Crippen molar-refractivity contribution in [3.8, 4) is 0 Å². The van der Waals surface area contributed by atoms with E-state index in [1.165, 1.54) is 0 Å². The summed E-state index contributed by atoms with van der Waals surface area (Å²) in [5.74, 6) is -0.353. The Morgan fingerprint density at radius 2 is 2.17 bits per heavy atom. The van der Waals surface area contributed by atoms with Gasteiger partial charge in [0.05, 0.1) is 12.2 Å². The minimum atomic E-state index is -0.511. The van der Waals surface area contributed by atoms with Crippen LogP contribution in [0.4, 0.5) is 5.69 Å². The van der Waals surface area contributed by atoms with Gasteiger partial charge in [0.2, 0.25) is 0 Å². The third kappa shape index (κ3) is 2.64. The maximum absolute atomic E-state index is 12.0. The SMILES string of the molecule is CC(C)(C)OC(=O)c1cc(CO)c2c(c1)NCC2. The molecule has 0 atom stereocenters. The zero-order valence-corrected chi connectivity index (χ0v) is 11.0. The number of aliphatic hydroxyl groups is 1. The minimum Gasteiger partial charge on any atom is -0.456 e. The Morgan fingerprint density at radius 3 is 2.78 bits per heavy atom. The van der Waals surface area contributed by atoms with Gasteiger partial charge < -0.3 is 15.2 Å². The molecular formula is C14H19NO3. The van der Waals surface area contributed by atoms with Gasteiger partial charge in [-0.25, -0.2) is 4.79 Å². The number of carbonyl (C=O) groups is 1. The van der Waals surface area contributed by atoms with Crippen LogP contribution in [-0.2, 0) is 17.8 Å². The fourth-order valence-electron chi connectivity index (χ4n) is 2.10. The highest BCUT2D eigenvalue weighted by Gasteiger charge is 2.22. The van der Waals surface area contributed by atoms with Gasteiger partial charge in [-0.3, -0.25) is 0 Å². The van der Waals surface area contributed by atoms with Crippen LogP contribution >= 0.6 is 0 Å². The molecule has 2 N–H and O–H groups in total. The molecule has 1 aromatic carbocycles. The summed E-state index contributed by atoms with van der Waals surface area (Å²) in [4.78, 5) is 12.0. The van der Waals surface area contributed by atoms with Gasteiger partial charge in [0.25, 0.3) is 0 Å². The first kappa shape index (κ1) is 12.9. The number of hydrogen-bond acceptors (Lipinski definition) is 4. The van der Waals surface area contributed by atoms with E-state index in [2.05, 4.69) is 5.32 Å². The van der Waals surface area contributed by atoms with Crippen molar-refractivity contribution in [2.24, 2.45) is 0 Å². The van der Waals surface area contributed by atoms with Crippen LogP contribution in [0.15, 0.2) is 12.1 Å². The van der Waals surface area contributed by atoms with Crippen LogP contribution in [0.2, 0.25) is 0 Å². The minimum absolute atomic E-state index is 0.0549. The van der Waals surface area contributed by atoms with Crippen LogP contribution in [0.5, 0.6) is 0 Å². The second-order valence-electron chi connectivity index (χ2n) is 5.50. The van der Waals surface area contributed by atoms with Crippen molar-refractivity contribution in [2.75, 3.05) is 11.9 Å². The van der Waals surface area contributed by atoms with Crippen molar-refractivity contribution in [2.45, 2.75) is 39.4 Å². The van der Waals surface area contributed by atoms with Crippen LogP contribution in [0.1, 0.15) is 42.3 Å². The molecule has 1 aliphatic heterocycles. The van der Waals surface area contributed by atoms with Gasteiger partial charge >= 0.3 is 5.97 Å². The number of rotatable bonds is 2. The predicted molar refractivity (Wildman–Crippen MR) is 69.7 cm³/mol. The van der Waals surface area contributed by atoms with Crippen molar-refractivity contribution in [1.82, 2.24) is 0 Å². The van der Waals surface area contributed by atoms with Gasteiger partial charge in [0, 0.05) is 12.2 Å². The molecular weight excluding hydrogens is 230 g/mol. The molecule has 0 unspecified atom stereocenters. The van der Waals surface area contributed by atoms with Gasteiger partial charge in [-0.2, -0.15) is 0 Å². The zero-order chi connectivity index (χ0) is 13.3. The molecule has 0 aromatic heterocycles. The largest absolute Gasteiger partial charge is 0.456 e. The Kier molecular flexibility index (Phi) is 3.30. The summed E-state index contributed by atoms with van der Waals surface area (Å²) < 4.78 is 5.33. The van der Waals surface area contributed by atoms with E-state index in [1.54, 1.807) is 12.1 Å². The summed E-state index contributed by atoms with van der Waals surface area (Å²) in [7, 11) is 0. The topological polar surface area (TPSA) is 58.6 Å². The molecule has 1 aliphatic rings. The fraction of sp³-hybridized carbons (Fsp3) is 0.500. The van der Waals surface area contributed by atoms with Gasteiger partial charge in [-0.05, 0) is 50.5 Å². The number of benzene rings is 1. The summed E-state index contributed by atoms with van der Waals surface area (Å²) in [6.45, 7) is 6.30. The first-order valence-electron chi connectivity index (χ1n) is 6.14. The molecule has 4 nitrogen and oxygen atoms in total. The van der Waals surface area contributed by atoms with E-state index in [0.717, 1.165) is 29.8 Å². The van der Waals surface area contributed by atoms with Crippen molar-refractivity contribution >= 4 is 11.7 Å². The highest BCUT2D eigenvalue weighted by atomic mass is 16.6. The summed E-state index contributed by atoms with van der Waals surface area (Å²) >= 11 is 0. The normalized spacial score (nSPS) is 14.0. The molecule has 0 radical (unpaired) electrons. The van der Waals surface area contributed by atoms with Gasteiger partial charge in [-0.15, -0.1) is 0 Å². The molecule has 98 valence electrons. The molecule has 1 aromatic rings. The summed E-state index contributed by atoms with van der Waals surface area (Å²) in [5.41, 5.74) is 2.82. The van der Waals surface area contributed by atoms with Crippen LogP contribution < -0.4 is 5.32 Å². The second-order valence-corrected chi connectivity index (χ2v) is 5.50. The molecule has 0 fully saturated rings. The van der Waals surface area contributed by atoms with E-state index in [0.29, 0.717) is 5.56 Å². The quantitative estimate of drug-likeness (QED) is 0.788. The predicted octanol–water partition coefficient (Wildman–Crippen LogP) is 2.10. The lowest BCUT2D eigenvalue weighted by molar-refractivity contribution is 0.00694. The number of ether oxygens (including phenoxy) is 1. The van der Waals surface area contributed by atoms with E-state index in [9.17, 15) is 9.90 Å². The third-order valence-electron chi connectivity index (χ3n) is 2.84. The Morgan fingerprint density at radius 1 is 1.44 bits per heavy atom. The number of anilines is 1. The maximum atomic E-state index is 12.0. The average molecular weight is 249 g/mol. The summed E-state index contributed by atoms with van der Waals surface area (Å²) in [6, 6.07) is 3.52. The summed E-state index contributed by atoms with van der Waals surface area (Å²) in [5, 5.41) is 12.6. The van der Waals surface area contributed by atoms with E-state index >= 15 is 0 Å². The van der Waals surface area contributed by atoms with E-state index in [-0.39, 0.29) is 12.6 Å². The van der Waals surface area contributed by atoms with Crippen LogP contribution in [-0.4, -0.2) is 23.2 Å². The Bertz CT molecular complexity index is 475. The molecule has 1 heterocycles. The van der Waals surface area contributed by atoms with E-state index < -0.39 is 5.60 Å². The molecule has 0 saturated heterocycles. The molecule has 0 aliphatic carbocycles. The lowest BCUT2D eigenvalue weighted by Crippen LogP contribution is -2.24. The third-order valence-corrected chi connectivity index (χ3v) is 2.84. The van der Waals surface area contributed by atoms with Crippen molar-refractivity contribution in [3.63, 3.8) is 0 Å². The lowest BCUT2D eigenvalue weighted by atomic mass is 10.0. The van der Waals surface area contributed by atoms with Crippen molar-refractivity contribution < 1.29 is 14.6 Å². The number of nitrogens with one attached hydrogen (secondary N) is 1. The second kappa shape index (κ2) is 4.61. The van der Waals surface area contributed by atoms with Gasteiger partial charge in [0.1, 0.15) is 5.60 Å².